The van der Waals surface area contributed by atoms with Gasteiger partial charge in [0.05, 0.1) is 24.4 Å². The molecule has 0 fully saturated rings. The minimum atomic E-state index is -0.352. The lowest BCUT2D eigenvalue weighted by molar-refractivity contribution is -0.116. The van der Waals surface area contributed by atoms with Crippen LogP contribution in [0.1, 0.15) is 30.6 Å². The molecule has 156 valence electrons. The third-order valence-electron chi connectivity index (χ3n) is 4.03. The van der Waals surface area contributed by atoms with E-state index in [2.05, 4.69) is 5.32 Å². The highest BCUT2D eigenvalue weighted by molar-refractivity contribution is 6.36. The van der Waals surface area contributed by atoms with Crippen LogP contribution < -0.4 is 14.8 Å². The fourth-order valence-corrected chi connectivity index (χ4v) is 3.19. The zero-order valence-corrected chi connectivity index (χ0v) is 18.1. The van der Waals surface area contributed by atoms with Crippen molar-refractivity contribution in [2.24, 2.45) is 0 Å². The SMILES string of the molecule is CCCN(CC(=O)Nc1ccc(Cl)cc1Cl)C(=O)c1ccc(OC)c(OCC)c1. The lowest BCUT2D eigenvalue weighted by Gasteiger charge is -2.22. The predicted molar refractivity (Wildman–Crippen MR) is 115 cm³/mol. The fourth-order valence-electron chi connectivity index (χ4n) is 2.74. The smallest absolute Gasteiger partial charge is 0.254 e. The highest BCUT2D eigenvalue weighted by Gasteiger charge is 2.20. The molecule has 29 heavy (non-hydrogen) atoms. The van der Waals surface area contributed by atoms with Crippen LogP contribution in [0.25, 0.3) is 0 Å². The fraction of sp³-hybridized carbons (Fsp3) is 0.333. The molecule has 0 radical (unpaired) electrons. The molecule has 8 heteroatoms. The predicted octanol–water partition coefficient (Wildman–Crippen LogP) is 4.89. The van der Waals surface area contributed by atoms with Gasteiger partial charge in [0.2, 0.25) is 5.91 Å². The van der Waals surface area contributed by atoms with E-state index in [4.69, 9.17) is 32.7 Å². The van der Waals surface area contributed by atoms with E-state index >= 15 is 0 Å². The van der Waals surface area contributed by atoms with Gasteiger partial charge in [0.1, 0.15) is 6.54 Å². The van der Waals surface area contributed by atoms with Crippen molar-refractivity contribution < 1.29 is 19.1 Å². The summed E-state index contributed by atoms with van der Waals surface area (Å²) in [6.45, 7) is 4.55. The van der Waals surface area contributed by atoms with Gasteiger partial charge >= 0.3 is 0 Å². The lowest BCUT2D eigenvalue weighted by Crippen LogP contribution is -2.38. The van der Waals surface area contributed by atoms with E-state index < -0.39 is 0 Å². The van der Waals surface area contributed by atoms with Crippen LogP contribution in [0.2, 0.25) is 10.0 Å². The molecule has 2 rings (SSSR count). The van der Waals surface area contributed by atoms with Gasteiger partial charge in [0.15, 0.2) is 11.5 Å². The molecule has 0 aliphatic rings. The number of carbonyl (C=O) groups excluding carboxylic acids is 2. The van der Waals surface area contributed by atoms with Crippen molar-refractivity contribution in [3.05, 3.63) is 52.0 Å². The molecule has 0 heterocycles. The molecule has 1 N–H and O–H groups in total. The largest absolute Gasteiger partial charge is 0.493 e. The Hall–Kier alpha value is -2.44. The van der Waals surface area contributed by atoms with Crippen molar-refractivity contribution in [2.75, 3.05) is 32.1 Å². The number of hydrogen-bond acceptors (Lipinski definition) is 4. The van der Waals surface area contributed by atoms with Crippen LogP contribution in [-0.4, -0.2) is 43.5 Å². The van der Waals surface area contributed by atoms with E-state index in [1.165, 1.54) is 12.0 Å². The second kappa shape index (κ2) is 10.9. The maximum Gasteiger partial charge on any atom is 0.254 e. The molecular formula is C21H24Cl2N2O4. The monoisotopic (exact) mass is 438 g/mol. The van der Waals surface area contributed by atoms with E-state index in [1.807, 2.05) is 13.8 Å². The Bertz CT molecular complexity index is 874. The summed E-state index contributed by atoms with van der Waals surface area (Å²) in [5, 5.41) is 3.52. The quantitative estimate of drug-likeness (QED) is 0.604. The summed E-state index contributed by atoms with van der Waals surface area (Å²) in [6.07, 6.45) is 0.704. The van der Waals surface area contributed by atoms with Gasteiger partial charge in [-0.25, -0.2) is 0 Å². The van der Waals surface area contributed by atoms with Crippen molar-refractivity contribution in [3.8, 4) is 11.5 Å². The third-order valence-corrected chi connectivity index (χ3v) is 4.58. The highest BCUT2D eigenvalue weighted by Crippen LogP contribution is 2.29. The first-order chi connectivity index (χ1) is 13.9. The standard InChI is InChI=1S/C21H24Cl2N2O4/c1-4-10-25(13-20(26)24-17-8-7-15(22)12-16(17)23)21(27)14-6-9-18(28-3)19(11-14)29-5-2/h6-9,11-12H,4-5,10,13H2,1-3H3,(H,24,26). The summed E-state index contributed by atoms with van der Waals surface area (Å²) >= 11 is 12.0. The molecule has 0 saturated heterocycles. The lowest BCUT2D eigenvalue weighted by atomic mass is 10.1. The maximum absolute atomic E-state index is 13.0. The maximum atomic E-state index is 13.0. The second-order valence-corrected chi connectivity index (χ2v) is 7.04. The molecule has 6 nitrogen and oxygen atoms in total. The molecule has 0 aromatic heterocycles. The van der Waals surface area contributed by atoms with Gasteiger partial charge in [0.25, 0.3) is 5.91 Å². The van der Waals surface area contributed by atoms with E-state index in [9.17, 15) is 9.59 Å². The minimum Gasteiger partial charge on any atom is -0.493 e. The average molecular weight is 439 g/mol. The zero-order valence-electron chi connectivity index (χ0n) is 16.6. The number of carbonyl (C=O) groups is 2. The van der Waals surface area contributed by atoms with Crippen LogP contribution in [0.4, 0.5) is 5.69 Å². The summed E-state index contributed by atoms with van der Waals surface area (Å²) < 4.78 is 10.8. The topological polar surface area (TPSA) is 67.9 Å². The number of nitrogens with zero attached hydrogens (tertiary/aromatic N) is 1. The number of benzene rings is 2. The second-order valence-electron chi connectivity index (χ2n) is 6.20. The third kappa shape index (κ3) is 6.27. The first kappa shape index (κ1) is 22.8. The Morgan fingerprint density at radius 1 is 1.07 bits per heavy atom. The van der Waals surface area contributed by atoms with Crippen LogP contribution >= 0.6 is 23.2 Å². The summed E-state index contributed by atoms with van der Waals surface area (Å²) in [4.78, 5) is 27.0. The van der Waals surface area contributed by atoms with E-state index in [1.54, 1.807) is 36.4 Å². The normalized spacial score (nSPS) is 10.4. The van der Waals surface area contributed by atoms with Gasteiger partial charge in [-0.05, 0) is 49.7 Å². The molecule has 0 spiro atoms. The Kier molecular flexibility index (Phi) is 8.61. The Labute approximate surface area is 180 Å². The van der Waals surface area contributed by atoms with E-state index in [0.717, 1.165) is 0 Å². The first-order valence-electron chi connectivity index (χ1n) is 9.24. The summed E-state index contributed by atoms with van der Waals surface area (Å²) in [6, 6.07) is 9.74. The molecular weight excluding hydrogens is 415 g/mol. The van der Waals surface area contributed by atoms with Gasteiger partial charge < -0.3 is 19.7 Å². The Morgan fingerprint density at radius 3 is 2.45 bits per heavy atom. The number of anilines is 1. The van der Waals surface area contributed by atoms with E-state index in [0.29, 0.717) is 52.4 Å². The molecule has 0 aliphatic carbocycles. The number of ether oxygens (including phenoxy) is 2. The van der Waals surface area contributed by atoms with E-state index in [-0.39, 0.29) is 18.4 Å². The Balaban J connectivity index is 2.16. The summed E-state index contributed by atoms with van der Waals surface area (Å²) in [5.74, 6) is 0.401. The molecule has 0 aliphatic heterocycles. The van der Waals surface area contributed by atoms with Crippen molar-refractivity contribution in [3.63, 3.8) is 0 Å². The molecule has 0 bridgehead atoms. The first-order valence-corrected chi connectivity index (χ1v) is 10.00. The van der Waals surface area contributed by atoms with Crippen molar-refractivity contribution >= 4 is 40.7 Å². The average Bonchev–Trinajstić information content (AvgIpc) is 2.69. The minimum absolute atomic E-state index is 0.109. The Morgan fingerprint density at radius 2 is 1.83 bits per heavy atom. The number of hydrogen-bond donors (Lipinski definition) is 1. The van der Waals surface area contributed by atoms with Crippen LogP contribution in [0.15, 0.2) is 36.4 Å². The van der Waals surface area contributed by atoms with Gasteiger partial charge in [-0.2, -0.15) is 0 Å². The number of amides is 2. The number of halogens is 2. The molecule has 0 unspecified atom stereocenters. The van der Waals surface area contributed by atoms with Crippen LogP contribution in [0.3, 0.4) is 0 Å². The van der Waals surface area contributed by atoms with Gasteiger partial charge in [-0.1, -0.05) is 30.1 Å². The number of methoxy groups -OCH3 is 1. The molecule has 0 atom stereocenters. The van der Waals surface area contributed by atoms with Gasteiger partial charge in [-0.3, -0.25) is 9.59 Å². The van der Waals surface area contributed by atoms with Crippen LogP contribution in [0, 0.1) is 0 Å². The molecule has 2 aromatic rings. The van der Waals surface area contributed by atoms with Crippen LogP contribution in [0.5, 0.6) is 11.5 Å². The van der Waals surface area contributed by atoms with Gasteiger partial charge in [0, 0.05) is 17.1 Å². The zero-order chi connectivity index (χ0) is 21.4. The molecule has 2 aromatic carbocycles. The number of nitrogens with one attached hydrogen (secondary N) is 1. The van der Waals surface area contributed by atoms with Crippen molar-refractivity contribution in [1.82, 2.24) is 4.90 Å². The molecule has 0 saturated carbocycles. The van der Waals surface area contributed by atoms with Crippen molar-refractivity contribution in [1.29, 1.82) is 0 Å². The summed E-state index contributed by atoms with van der Waals surface area (Å²) in [7, 11) is 1.54. The van der Waals surface area contributed by atoms with Gasteiger partial charge in [-0.15, -0.1) is 0 Å². The highest BCUT2D eigenvalue weighted by atomic mass is 35.5. The number of rotatable bonds is 9. The summed E-state index contributed by atoms with van der Waals surface area (Å²) in [5.41, 5.74) is 0.855. The van der Waals surface area contributed by atoms with Crippen molar-refractivity contribution in [2.45, 2.75) is 20.3 Å². The van der Waals surface area contributed by atoms with Crippen LogP contribution in [-0.2, 0) is 4.79 Å². The molecule has 2 amide bonds.